The van der Waals surface area contributed by atoms with Gasteiger partial charge in [0, 0.05) is 6.04 Å². The quantitative estimate of drug-likeness (QED) is 0.550. The Kier molecular flexibility index (Phi) is 11.0. The van der Waals surface area contributed by atoms with E-state index in [1.807, 2.05) is 0 Å². The molecule has 0 saturated carbocycles. The molecule has 2 heteroatoms. The molecule has 0 rings (SSSR count). The Morgan fingerprint density at radius 1 is 0.941 bits per heavy atom. The molecule has 104 valence electrons. The molecule has 0 saturated heterocycles. The van der Waals surface area contributed by atoms with E-state index in [4.69, 9.17) is 10.5 Å². The summed E-state index contributed by atoms with van der Waals surface area (Å²) in [6, 6.07) is 0.211. The molecular formula is C15H33NO. The fourth-order valence-electron chi connectivity index (χ4n) is 2.24. The predicted molar refractivity (Wildman–Crippen MR) is 76.3 cm³/mol. The van der Waals surface area contributed by atoms with Gasteiger partial charge in [0.2, 0.25) is 0 Å². The SMILES string of the molecule is CCCCCCC(C)OC(CC)C(N)CCC. The van der Waals surface area contributed by atoms with Crippen LogP contribution in [0.5, 0.6) is 0 Å². The smallest absolute Gasteiger partial charge is 0.0726 e. The van der Waals surface area contributed by atoms with Crippen LogP contribution in [0.15, 0.2) is 0 Å². The summed E-state index contributed by atoms with van der Waals surface area (Å²) in [7, 11) is 0. The van der Waals surface area contributed by atoms with Gasteiger partial charge in [0.1, 0.15) is 0 Å². The highest BCUT2D eigenvalue weighted by molar-refractivity contribution is 4.73. The second kappa shape index (κ2) is 11.0. The van der Waals surface area contributed by atoms with Crippen molar-refractivity contribution in [3.8, 4) is 0 Å². The summed E-state index contributed by atoms with van der Waals surface area (Å²) < 4.78 is 6.07. The second-order valence-corrected chi connectivity index (χ2v) is 5.20. The third kappa shape index (κ3) is 8.62. The highest BCUT2D eigenvalue weighted by Crippen LogP contribution is 2.14. The molecule has 0 aliphatic carbocycles. The molecule has 3 atom stereocenters. The summed E-state index contributed by atoms with van der Waals surface area (Å²) in [4.78, 5) is 0. The van der Waals surface area contributed by atoms with E-state index in [2.05, 4.69) is 27.7 Å². The molecule has 0 aliphatic heterocycles. The fraction of sp³-hybridized carbons (Fsp3) is 1.00. The lowest BCUT2D eigenvalue weighted by Gasteiger charge is -2.26. The third-order valence-corrected chi connectivity index (χ3v) is 3.37. The zero-order valence-electron chi connectivity index (χ0n) is 12.4. The maximum absolute atomic E-state index is 6.14. The number of nitrogens with two attached hydrogens (primary N) is 1. The largest absolute Gasteiger partial charge is 0.374 e. The fourth-order valence-corrected chi connectivity index (χ4v) is 2.24. The summed E-state index contributed by atoms with van der Waals surface area (Å²) in [5.74, 6) is 0. The van der Waals surface area contributed by atoms with Gasteiger partial charge in [-0.05, 0) is 26.2 Å². The summed E-state index contributed by atoms with van der Waals surface area (Å²) in [6.07, 6.45) is 10.3. The average Bonchev–Trinajstić information content (AvgIpc) is 2.32. The zero-order chi connectivity index (χ0) is 13.1. The van der Waals surface area contributed by atoms with Gasteiger partial charge < -0.3 is 10.5 Å². The van der Waals surface area contributed by atoms with E-state index >= 15 is 0 Å². The first-order chi connectivity index (χ1) is 8.15. The van der Waals surface area contributed by atoms with Crippen molar-refractivity contribution in [1.29, 1.82) is 0 Å². The van der Waals surface area contributed by atoms with Crippen molar-refractivity contribution in [3.63, 3.8) is 0 Å². The number of ether oxygens (including phenoxy) is 1. The summed E-state index contributed by atoms with van der Waals surface area (Å²) in [5.41, 5.74) is 6.14. The molecule has 0 fully saturated rings. The van der Waals surface area contributed by atoms with E-state index in [1.54, 1.807) is 0 Å². The molecule has 0 aromatic rings. The summed E-state index contributed by atoms with van der Waals surface area (Å²) in [5, 5.41) is 0. The zero-order valence-corrected chi connectivity index (χ0v) is 12.4. The number of hydrogen-bond acceptors (Lipinski definition) is 2. The number of rotatable bonds is 11. The van der Waals surface area contributed by atoms with Crippen LogP contribution in [-0.2, 0) is 4.74 Å². The van der Waals surface area contributed by atoms with Crippen molar-refractivity contribution in [2.24, 2.45) is 5.73 Å². The van der Waals surface area contributed by atoms with Gasteiger partial charge in [0.05, 0.1) is 12.2 Å². The van der Waals surface area contributed by atoms with Crippen LogP contribution in [0, 0.1) is 0 Å². The Hall–Kier alpha value is -0.0800. The Bertz CT molecular complexity index is 161. The Morgan fingerprint density at radius 3 is 2.18 bits per heavy atom. The molecule has 0 aromatic heterocycles. The Morgan fingerprint density at radius 2 is 1.65 bits per heavy atom. The van der Waals surface area contributed by atoms with Crippen LogP contribution >= 0.6 is 0 Å². The van der Waals surface area contributed by atoms with E-state index in [0.29, 0.717) is 6.10 Å². The Labute approximate surface area is 108 Å². The molecule has 3 unspecified atom stereocenters. The maximum atomic E-state index is 6.14. The van der Waals surface area contributed by atoms with Crippen molar-refractivity contribution < 1.29 is 4.74 Å². The lowest BCUT2D eigenvalue weighted by Crippen LogP contribution is -2.38. The summed E-state index contributed by atoms with van der Waals surface area (Å²) in [6.45, 7) is 8.79. The molecule has 17 heavy (non-hydrogen) atoms. The molecule has 0 bridgehead atoms. The first kappa shape index (κ1) is 16.9. The van der Waals surface area contributed by atoms with Gasteiger partial charge in [-0.1, -0.05) is 52.9 Å². The van der Waals surface area contributed by atoms with Crippen LogP contribution in [0.2, 0.25) is 0 Å². The van der Waals surface area contributed by atoms with Gasteiger partial charge in [-0.25, -0.2) is 0 Å². The lowest BCUT2D eigenvalue weighted by molar-refractivity contribution is -0.0235. The molecule has 0 spiro atoms. The first-order valence-corrected chi connectivity index (χ1v) is 7.56. The van der Waals surface area contributed by atoms with E-state index in [-0.39, 0.29) is 12.1 Å². The van der Waals surface area contributed by atoms with Crippen LogP contribution in [0.1, 0.15) is 79.1 Å². The average molecular weight is 243 g/mol. The van der Waals surface area contributed by atoms with Gasteiger partial charge in [-0.2, -0.15) is 0 Å². The highest BCUT2D eigenvalue weighted by atomic mass is 16.5. The predicted octanol–water partition coefficient (Wildman–Crippen LogP) is 4.27. The van der Waals surface area contributed by atoms with Crippen LogP contribution in [-0.4, -0.2) is 18.2 Å². The van der Waals surface area contributed by atoms with Gasteiger partial charge in [0.25, 0.3) is 0 Å². The number of hydrogen-bond donors (Lipinski definition) is 1. The molecule has 2 nitrogen and oxygen atoms in total. The molecule has 0 radical (unpaired) electrons. The normalized spacial score (nSPS) is 16.8. The molecule has 0 heterocycles. The molecule has 0 aromatic carbocycles. The van der Waals surface area contributed by atoms with Crippen LogP contribution in [0.4, 0.5) is 0 Å². The van der Waals surface area contributed by atoms with Crippen molar-refractivity contribution in [2.75, 3.05) is 0 Å². The van der Waals surface area contributed by atoms with Crippen LogP contribution in [0.3, 0.4) is 0 Å². The van der Waals surface area contributed by atoms with Crippen molar-refractivity contribution in [1.82, 2.24) is 0 Å². The van der Waals surface area contributed by atoms with Gasteiger partial charge in [-0.15, -0.1) is 0 Å². The van der Waals surface area contributed by atoms with E-state index < -0.39 is 0 Å². The van der Waals surface area contributed by atoms with E-state index in [9.17, 15) is 0 Å². The van der Waals surface area contributed by atoms with Crippen molar-refractivity contribution in [3.05, 3.63) is 0 Å². The Balaban J connectivity index is 3.77. The number of unbranched alkanes of at least 4 members (excludes halogenated alkanes) is 3. The second-order valence-electron chi connectivity index (χ2n) is 5.20. The first-order valence-electron chi connectivity index (χ1n) is 7.56. The minimum absolute atomic E-state index is 0.211. The van der Waals surface area contributed by atoms with Gasteiger partial charge in [-0.3, -0.25) is 0 Å². The van der Waals surface area contributed by atoms with Crippen LogP contribution in [0.25, 0.3) is 0 Å². The topological polar surface area (TPSA) is 35.2 Å². The minimum atomic E-state index is 0.211. The minimum Gasteiger partial charge on any atom is -0.374 e. The van der Waals surface area contributed by atoms with Crippen LogP contribution < -0.4 is 5.73 Å². The maximum Gasteiger partial charge on any atom is 0.0726 e. The third-order valence-electron chi connectivity index (χ3n) is 3.37. The molecule has 0 amide bonds. The van der Waals surface area contributed by atoms with E-state index in [0.717, 1.165) is 19.3 Å². The molecule has 0 aliphatic rings. The molecule has 2 N–H and O–H groups in total. The van der Waals surface area contributed by atoms with Gasteiger partial charge >= 0.3 is 0 Å². The van der Waals surface area contributed by atoms with E-state index in [1.165, 1.54) is 32.1 Å². The lowest BCUT2D eigenvalue weighted by atomic mass is 10.0. The van der Waals surface area contributed by atoms with Gasteiger partial charge in [0.15, 0.2) is 0 Å². The monoisotopic (exact) mass is 243 g/mol. The van der Waals surface area contributed by atoms with Crippen molar-refractivity contribution >= 4 is 0 Å². The standard InChI is InChI=1S/C15H33NO/c1-5-8-9-10-12-13(4)17-15(7-3)14(16)11-6-2/h13-15H,5-12,16H2,1-4H3. The summed E-state index contributed by atoms with van der Waals surface area (Å²) >= 11 is 0. The van der Waals surface area contributed by atoms with Crippen molar-refractivity contribution in [2.45, 2.75) is 97.3 Å². The highest BCUT2D eigenvalue weighted by Gasteiger charge is 2.18. The molecular weight excluding hydrogens is 210 g/mol.